The Kier molecular flexibility index (Phi) is 4.08. The van der Waals surface area contributed by atoms with Crippen LogP contribution < -0.4 is 10.6 Å². The van der Waals surface area contributed by atoms with E-state index in [0.29, 0.717) is 11.4 Å². The zero-order valence-electron chi connectivity index (χ0n) is 11.0. The van der Waals surface area contributed by atoms with Crippen molar-refractivity contribution < 1.29 is 9.59 Å². The van der Waals surface area contributed by atoms with E-state index in [9.17, 15) is 9.59 Å². The Morgan fingerprint density at radius 3 is 3.05 bits per heavy atom. The number of carbonyl (C=O) groups is 2. The van der Waals surface area contributed by atoms with Crippen molar-refractivity contribution >= 4 is 52.4 Å². The molecule has 0 unspecified atom stereocenters. The summed E-state index contributed by atoms with van der Waals surface area (Å²) in [6, 6.07) is 9.39. The van der Waals surface area contributed by atoms with E-state index in [1.165, 1.54) is 17.8 Å². The molecule has 2 N–H and O–H groups in total. The third kappa shape index (κ3) is 3.53. The number of hydrogen-bond acceptors (Lipinski definition) is 4. The summed E-state index contributed by atoms with van der Waals surface area (Å²) in [7, 11) is 0. The molecule has 21 heavy (non-hydrogen) atoms. The second-order valence-electron chi connectivity index (χ2n) is 4.39. The topological polar surface area (TPSA) is 58.2 Å². The number of fused-ring (bicyclic) bond motifs is 1. The Labute approximate surface area is 130 Å². The van der Waals surface area contributed by atoms with Gasteiger partial charge in [0, 0.05) is 21.5 Å². The average Bonchev–Trinajstić information content (AvgIpc) is 2.98. The van der Waals surface area contributed by atoms with Gasteiger partial charge in [-0.2, -0.15) is 0 Å². The molecule has 4 nitrogen and oxygen atoms in total. The minimum Gasteiger partial charge on any atom is -0.324 e. The van der Waals surface area contributed by atoms with Crippen molar-refractivity contribution in [2.24, 2.45) is 0 Å². The molecular weight excluding hydrogens is 304 g/mol. The first-order chi connectivity index (χ1) is 10.2. The lowest BCUT2D eigenvalue weighted by Crippen LogP contribution is -2.19. The molecule has 0 bridgehead atoms. The second kappa shape index (κ2) is 6.15. The third-order valence-electron chi connectivity index (χ3n) is 2.82. The highest BCUT2D eigenvalue weighted by Crippen LogP contribution is 2.33. The van der Waals surface area contributed by atoms with Gasteiger partial charge in [0.1, 0.15) is 0 Å². The lowest BCUT2D eigenvalue weighted by molar-refractivity contribution is -0.114. The van der Waals surface area contributed by atoms with Crippen molar-refractivity contribution in [3.05, 3.63) is 46.7 Å². The summed E-state index contributed by atoms with van der Waals surface area (Å²) < 4.78 is 0. The molecule has 0 spiro atoms. The standard InChI is InChI=1S/C15H12N2O2S2/c18-14(6-4-11-2-1-7-20-11)16-10-3-5-13-12(8-10)17-15(19)9-21-13/h1-8H,9H2,(H,16,18)(H,17,19)/b6-4+. The third-order valence-corrected chi connectivity index (χ3v) is 4.73. The van der Waals surface area contributed by atoms with Gasteiger partial charge in [0.05, 0.1) is 11.4 Å². The molecule has 0 radical (unpaired) electrons. The van der Waals surface area contributed by atoms with Gasteiger partial charge < -0.3 is 10.6 Å². The SMILES string of the molecule is O=C(/C=C/c1cccs1)Nc1ccc2c(c1)NC(=O)CS2. The summed E-state index contributed by atoms with van der Waals surface area (Å²) in [5.74, 6) is 0.217. The smallest absolute Gasteiger partial charge is 0.248 e. The Morgan fingerprint density at radius 1 is 1.33 bits per heavy atom. The number of thiophene rings is 1. The average molecular weight is 316 g/mol. The normalized spacial score (nSPS) is 13.8. The van der Waals surface area contributed by atoms with Crippen LogP contribution in [0.2, 0.25) is 0 Å². The zero-order valence-corrected chi connectivity index (χ0v) is 12.6. The molecular formula is C15H12N2O2S2. The van der Waals surface area contributed by atoms with E-state index in [-0.39, 0.29) is 11.8 Å². The molecule has 2 amide bonds. The molecule has 3 rings (SSSR count). The fourth-order valence-corrected chi connectivity index (χ4v) is 3.30. The van der Waals surface area contributed by atoms with Crippen LogP contribution in [0.5, 0.6) is 0 Å². The van der Waals surface area contributed by atoms with Crippen LogP contribution in [0.3, 0.4) is 0 Å². The molecule has 0 saturated carbocycles. The predicted octanol–water partition coefficient (Wildman–Crippen LogP) is 3.44. The van der Waals surface area contributed by atoms with Crippen LogP contribution in [0.1, 0.15) is 4.88 Å². The quantitative estimate of drug-likeness (QED) is 0.853. The van der Waals surface area contributed by atoms with E-state index in [0.717, 1.165) is 15.5 Å². The van der Waals surface area contributed by atoms with Gasteiger partial charge in [0.15, 0.2) is 0 Å². The number of thioether (sulfide) groups is 1. The summed E-state index contributed by atoms with van der Waals surface area (Å²) in [6.45, 7) is 0. The second-order valence-corrected chi connectivity index (χ2v) is 6.38. The van der Waals surface area contributed by atoms with Crippen molar-refractivity contribution in [1.82, 2.24) is 0 Å². The van der Waals surface area contributed by atoms with E-state index < -0.39 is 0 Å². The molecule has 2 aromatic rings. The monoisotopic (exact) mass is 316 g/mol. The van der Waals surface area contributed by atoms with E-state index in [1.807, 2.05) is 29.6 Å². The number of nitrogens with one attached hydrogen (secondary N) is 2. The summed E-state index contributed by atoms with van der Waals surface area (Å²) >= 11 is 3.07. The van der Waals surface area contributed by atoms with Crippen LogP contribution in [0.25, 0.3) is 6.08 Å². The Bertz CT molecular complexity index is 708. The molecule has 1 aliphatic rings. The molecule has 0 saturated heterocycles. The fraction of sp³-hybridized carbons (Fsp3) is 0.0667. The van der Waals surface area contributed by atoms with Gasteiger partial charge in [-0.15, -0.1) is 23.1 Å². The van der Waals surface area contributed by atoms with E-state index >= 15 is 0 Å². The molecule has 2 heterocycles. The predicted molar refractivity (Wildman–Crippen MR) is 87.8 cm³/mol. The maximum absolute atomic E-state index is 11.9. The summed E-state index contributed by atoms with van der Waals surface area (Å²) in [5.41, 5.74) is 1.41. The Balaban J connectivity index is 1.69. The number of amides is 2. The molecule has 106 valence electrons. The van der Waals surface area contributed by atoms with Gasteiger partial charge in [-0.25, -0.2) is 0 Å². The highest BCUT2D eigenvalue weighted by atomic mass is 32.2. The largest absolute Gasteiger partial charge is 0.324 e. The van der Waals surface area contributed by atoms with Crippen molar-refractivity contribution in [3.63, 3.8) is 0 Å². The van der Waals surface area contributed by atoms with Crippen LogP contribution >= 0.6 is 23.1 Å². The zero-order chi connectivity index (χ0) is 14.7. The minimum atomic E-state index is -0.196. The van der Waals surface area contributed by atoms with Crippen LogP contribution in [0, 0.1) is 0 Å². The highest BCUT2D eigenvalue weighted by molar-refractivity contribution is 8.00. The highest BCUT2D eigenvalue weighted by Gasteiger charge is 2.15. The Hall–Kier alpha value is -2.05. The number of anilines is 2. The van der Waals surface area contributed by atoms with Gasteiger partial charge in [-0.05, 0) is 35.7 Å². The molecule has 1 aromatic heterocycles. The van der Waals surface area contributed by atoms with Gasteiger partial charge in [-0.1, -0.05) is 6.07 Å². The molecule has 1 aliphatic heterocycles. The van der Waals surface area contributed by atoms with Crippen molar-refractivity contribution in [2.45, 2.75) is 4.90 Å². The minimum absolute atomic E-state index is 0.0198. The first kappa shape index (κ1) is 13.9. The van der Waals surface area contributed by atoms with Crippen LogP contribution in [0.15, 0.2) is 46.7 Å². The first-order valence-electron chi connectivity index (χ1n) is 6.30. The van der Waals surface area contributed by atoms with Gasteiger partial charge >= 0.3 is 0 Å². The summed E-state index contributed by atoms with van der Waals surface area (Å²) in [4.78, 5) is 25.3. The Morgan fingerprint density at radius 2 is 2.24 bits per heavy atom. The van der Waals surface area contributed by atoms with Crippen LogP contribution in [0.4, 0.5) is 11.4 Å². The fourth-order valence-electron chi connectivity index (χ4n) is 1.89. The number of rotatable bonds is 3. The van der Waals surface area contributed by atoms with Crippen molar-refractivity contribution in [3.8, 4) is 0 Å². The van der Waals surface area contributed by atoms with Crippen molar-refractivity contribution in [1.29, 1.82) is 0 Å². The first-order valence-corrected chi connectivity index (χ1v) is 8.16. The summed E-state index contributed by atoms with van der Waals surface area (Å²) in [6.07, 6.45) is 3.27. The van der Waals surface area contributed by atoms with E-state index in [4.69, 9.17) is 0 Å². The number of benzene rings is 1. The van der Waals surface area contributed by atoms with Crippen LogP contribution in [-0.4, -0.2) is 17.6 Å². The lowest BCUT2D eigenvalue weighted by atomic mass is 10.2. The van der Waals surface area contributed by atoms with Gasteiger partial charge in [-0.3, -0.25) is 9.59 Å². The lowest BCUT2D eigenvalue weighted by Gasteiger charge is -2.17. The maximum atomic E-state index is 11.9. The number of carbonyl (C=O) groups excluding carboxylic acids is 2. The van der Waals surface area contributed by atoms with Gasteiger partial charge in [0.25, 0.3) is 0 Å². The van der Waals surface area contributed by atoms with E-state index in [2.05, 4.69) is 10.6 Å². The van der Waals surface area contributed by atoms with Crippen molar-refractivity contribution in [2.75, 3.05) is 16.4 Å². The molecule has 1 aromatic carbocycles. The van der Waals surface area contributed by atoms with Crippen LogP contribution in [-0.2, 0) is 9.59 Å². The molecule has 0 aliphatic carbocycles. The summed E-state index contributed by atoms with van der Waals surface area (Å²) in [5, 5.41) is 7.55. The molecule has 6 heteroatoms. The molecule has 0 atom stereocenters. The maximum Gasteiger partial charge on any atom is 0.248 e. The van der Waals surface area contributed by atoms with Gasteiger partial charge in [0.2, 0.25) is 11.8 Å². The molecule has 0 fully saturated rings. The van der Waals surface area contributed by atoms with E-state index in [1.54, 1.807) is 23.5 Å². The number of hydrogen-bond donors (Lipinski definition) is 2.